The maximum absolute atomic E-state index is 13.4. The first-order valence-electron chi connectivity index (χ1n) is 10.3. The summed E-state index contributed by atoms with van der Waals surface area (Å²) in [4.78, 5) is 17.8. The minimum Gasteiger partial charge on any atom is -0.443 e. The predicted octanol–water partition coefficient (Wildman–Crippen LogP) is 5.57. The van der Waals surface area contributed by atoms with Gasteiger partial charge >= 0.3 is 12.3 Å². The van der Waals surface area contributed by atoms with Crippen LogP contribution in [0, 0.1) is 0 Å². The highest BCUT2D eigenvalue weighted by Gasteiger charge is 2.43. The Morgan fingerprint density at radius 2 is 1.87 bits per heavy atom. The van der Waals surface area contributed by atoms with Gasteiger partial charge in [0.15, 0.2) is 0 Å². The summed E-state index contributed by atoms with van der Waals surface area (Å²) in [7, 11) is 0. The van der Waals surface area contributed by atoms with E-state index in [1.165, 1.54) is 16.7 Å². The molecule has 1 aromatic rings. The van der Waals surface area contributed by atoms with E-state index in [2.05, 4.69) is 4.90 Å². The van der Waals surface area contributed by atoms with E-state index < -0.39 is 29.5 Å². The van der Waals surface area contributed by atoms with Crippen LogP contribution < -0.4 is 15.5 Å². The number of nitrogens with zero attached hydrogens (tertiary/aromatic N) is 2. The summed E-state index contributed by atoms with van der Waals surface area (Å²) < 4.78 is 45.9. The molecule has 0 bridgehead atoms. The van der Waals surface area contributed by atoms with E-state index in [4.69, 9.17) is 10.5 Å². The summed E-state index contributed by atoms with van der Waals surface area (Å²) in [6.45, 7) is 7.13. The molecule has 31 heavy (non-hydrogen) atoms. The number of fused-ring (bicyclic) bond motifs is 1. The van der Waals surface area contributed by atoms with Crippen LogP contribution in [-0.4, -0.2) is 37.0 Å². The fourth-order valence-corrected chi connectivity index (χ4v) is 5.29. The Balaban J connectivity index is 1.81. The van der Waals surface area contributed by atoms with Crippen LogP contribution in [0.4, 0.5) is 29.3 Å². The molecule has 1 aromatic carbocycles. The molecular weight excluding hydrogens is 427 g/mol. The number of halogens is 3. The molecule has 1 saturated heterocycles. The summed E-state index contributed by atoms with van der Waals surface area (Å²) >= 11 is 1.22. The van der Waals surface area contributed by atoms with Crippen LogP contribution in [0.3, 0.4) is 0 Å². The van der Waals surface area contributed by atoms with Crippen molar-refractivity contribution < 1.29 is 22.7 Å². The number of ether oxygens (including phenoxy) is 1. The molecule has 168 valence electrons. The summed E-state index contributed by atoms with van der Waals surface area (Å²) in [6.07, 6.45) is -2.16. The number of benzene rings is 1. The lowest BCUT2D eigenvalue weighted by atomic mass is 9.96. The molecule has 3 aliphatic rings. The van der Waals surface area contributed by atoms with E-state index in [-0.39, 0.29) is 6.42 Å². The second kappa shape index (κ2) is 7.78. The first-order chi connectivity index (χ1) is 14.4. The molecule has 1 fully saturated rings. The number of alkyl halides is 3. The van der Waals surface area contributed by atoms with Crippen molar-refractivity contribution in [2.45, 2.75) is 62.7 Å². The van der Waals surface area contributed by atoms with Gasteiger partial charge in [0, 0.05) is 34.2 Å². The van der Waals surface area contributed by atoms with Gasteiger partial charge in [-0.15, -0.1) is 0 Å². The first-order valence-corrected chi connectivity index (χ1v) is 11.1. The molecule has 2 heterocycles. The molecule has 9 heteroatoms. The van der Waals surface area contributed by atoms with Crippen molar-refractivity contribution in [2.75, 3.05) is 22.9 Å². The monoisotopic (exact) mass is 453 g/mol. The Kier molecular flexibility index (Phi) is 5.54. The number of thioether (sulfide) groups is 1. The minimum atomic E-state index is -4.47. The average Bonchev–Trinajstić information content (AvgIpc) is 3.18. The quantitative estimate of drug-likeness (QED) is 0.603. The number of carbonyl (C=O) groups excluding carboxylic acids is 1. The number of carbonyl (C=O) groups is 1. The molecule has 2 N–H and O–H groups in total. The number of rotatable bonds is 1. The summed E-state index contributed by atoms with van der Waals surface area (Å²) in [5.74, 6) is 0. The molecule has 1 aliphatic carbocycles. The van der Waals surface area contributed by atoms with Crippen molar-refractivity contribution in [3.05, 3.63) is 40.5 Å². The largest absolute Gasteiger partial charge is 0.443 e. The van der Waals surface area contributed by atoms with Crippen LogP contribution in [0.15, 0.2) is 45.3 Å². The van der Waals surface area contributed by atoms with Gasteiger partial charge in [0.05, 0.1) is 17.4 Å². The van der Waals surface area contributed by atoms with Gasteiger partial charge in [0.1, 0.15) is 5.60 Å². The number of hydrogen-bond acceptors (Lipinski definition) is 5. The second-order valence-corrected chi connectivity index (χ2v) is 10.1. The number of hydrogen-bond donors (Lipinski definition) is 1. The average molecular weight is 454 g/mol. The van der Waals surface area contributed by atoms with Crippen LogP contribution in [0.25, 0.3) is 0 Å². The number of amides is 1. The van der Waals surface area contributed by atoms with Crippen molar-refractivity contribution in [3.63, 3.8) is 0 Å². The Labute approximate surface area is 184 Å². The Bertz CT molecular complexity index is 960. The van der Waals surface area contributed by atoms with Gasteiger partial charge in [-0.1, -0.05) is 11.8 Å². The van der Waals surface area contributed by atoms with Gasteiger partial charge in [-0.2, -0.15) is 13.2 Å². The lowest BCUT2D eigenvalue weighted by Gasteiger charge is -2.39. The zero-order valence-electron chi connectivity index (χ0n) is 17.8. The zero-order valence-corrected chi connectivity index (χ0v) is 18.6. The highest BCUT2D eigenvalue weighted by Crippen LogP contribution is 2.50. The maximum Gasteiger partial charge on any atom is 0.419 e. The topological polar surface area (TPSA) is 58.8 Å². The lowest BCUT2D eigenvalue weighted by molar-refractivity contribution is -0.0945. The van der Waals surface area contributed by atoms with Crippen LogP contribution >= 0.6 is 11.8 Å². The SMILES string of the molecule is CC(C)(C)OC(=O)N1C2=C(C=C(C(F)(F)F)CC2N)Sc2cc(N3CCCC3)ccc21. The highest BCUT2D eigenvalue weighted by molar-refractivity contribution is 8.03. The minimum absolute atomic E-state index is 0.336. The third kappa shape index (κ3) is 4.43. The molecule has 0 aromatic heterocycles. The van der Waals surface area contributed by atoms with Crippen molar-refractivity contribution in [1.29, 1.82) is 0 Å². The molecule has 4 rings (SSSR count). The number of allylic oxidation sites excluding steroid dienone is 1. The van der Waals surface area contributed by atoms with Gasteiger partial charge in [-0.3, -0.25) is 0 Å². The predicted molar refractivity (Wildman–Crippen MR) is 116 cm³/mol. The molecule has 1 unspecified atom stereocenters. The van der Waals surface area contributed by atoms with Gasteiger partial charge in [-0.25, -0.2) is 9.69 Å². The van der Waals surface area contributed by atoms with E-state index in [9.17, 15) is 18.0 Å². The molecule has 0 radical (unpaired) electrons. The molecular formula is C22H26F3N3O2S. The molecule has 1 amide bonds. The fraction of sp³-hybridized carbons (Fsp3) is 0.500. The standard InChI is InChI=1S/C22H26F3N3O2S/c1-21(2,3)30-20(29)28-16-7-6-14(27-8-4-5-9-27)12-17(16)31-18-11-13(22(23,24)25)10-15(26)19(18)28/h6-7,11-12,15H,4-5,8-10,26H2,1-3H3. The maximum atomic E-state index is 13.4. The number of nitrogens with two attached hydrogens (primary N) is 1. The molecule has 2 aliphatic heterocycles. The van der Waals surface area contributed by atoms with Gasteiger partial charge < -0.3 is 15.4 Å². The molecule has 0 saturated carbocycles. The molecule has 0 spiro atoms. The fourth-order valence-electron chi connectivity index (χ4n) is 4.06. The first kappa shape index (κ1) is 22.1. The van der Waals surface area contributed by atoms with E-state index >= 15 is 0 Å². The van der Waals surface area contributed by atoms with Crippen molar-refractivity contribution in [2.24, 2.45) is 5.73 Å². The Morgan fingerprint density at radius 1 is 1.19 bits per heavy atom. The van der Waals surface area contributed by atoms with E-state index in [1.807, 2.05) is 18.2 Å². The summed E-state index contributed by atoms with van der Waals surface area (Å²) in [5.41, 5.74) is 6.68. The third-order valence-electron chi connectivity index (χ3n) is 5.41. The number of anilines is 2. The van der Waals surface area contributed by atoms with E-state index in [0.717, 1.165) is 37.7 Å². The summed E-state index contributed by atoms with van der Waals surface area (Å²) in [6, 6.07) is 4.74. The molecule has 1 atom stereocenters. The lowest BCUT2D eigenvalue weighted by Crippen LogP contribution is -2.45. The van der Waals surface area contributed by atoms with Crippen LogP contribution in [-0.2, 0) is 4.74 Å². The van der Waals surface area contributed by atoms with Gasteiger partial charge in [0.25, 0.3) is 0 Å². The second-order valence-electron chi connectivity index (χ2n) is 8.99. The van der Waals surface area contributed by atoms with Gasteiger partial charge in [0.2, 0.25) is 0 Å². The van der Waals surface area contributed by atoms with Crippen LogP contribution in [0.2, 0.25) is 0 Å². The van der Waals surface area contributed by atoms with E-state index in [0.29, 0.717) is 21.2 Å². The van der Waals surface area contributed by atoms with Crippen molar-refractivity contribution >= 4 is 29.2 Å². The zero-order chi connectivity index (χ0) is 22.6. The molecule has 5 nitrogen and oxygen atoms in total. The smallest absolute Gasteiger partial charge is 0.419 e. The summed E-state index contributed by atoms with van der Waals surface area (Å²) in [5, 5.41) is 0. The van der Waals surface area contributed by atoms with Crippen LogP contribution in [0.5, 0.6) is 0 Å². The van der Waals surface area contributed by atoms with Gasteiger partial charge in [-0.05, 0) is 64.3 Å². The van der Waals surface area contributed by atoms with Crippen LogP contribution in [0.1, 0.15) is 40.0 Å². The Hall–Kier alpha value is -2.13. The Morgan fingerprint density at radius 3 is 2.48 bits per heavy atom. The third-order valence-corrected chi connectivity index (χ3v) is 6.50. The van der Waals surface area contributed by atoms with Crippen molar-refractivity contribution in [1.82, 2.24) is 0 Å². The highest BCUT2D eigenvalue weighted by atomic mass is 32.2. The van der Waals surface area contributed by atoms with E-state index in [1.54, 1.807) is 20.8 Å². The normalized spacial score (nSPS) is 21.6. The van der Waals surface area contributed by atoms with Crippen molar-refractivity contribution in [3.8, 4) is 0 Å².